The van der Waals surface area contributed by atoms with Crippen LogP contribution in [0.15, 0.2) is 24.3 Å². The zero-order valence-corrected chi connectivity index (χ0v) is 13.9. The molecule has 3 rings (SSSR count). The van der Waals surface area contributed by atoms with Crippen molar-refractivity contribution in [3.8, 4) is 0 Å². The van der Waals surface area contributed by atoms with E-state index in [1.54, 1.807) is 4.90 Å². The van der Waals surface area contributed by atoms with Crippen molar-refractivity contribution in [1.29, 1.82) is 0 Å². The molecule has 1 saturated heterocycles. The van der Waals surface area contributed by atoms with Crippen LogP contribution in [0.2, 0.25) is 0 Å². The number of carbonyl (C=O) groups excluding carboxylic acids is 2. The van der Waals surface area contributed by atoms with Crippen molar-refractivity contribution in [2.75, 3.05) is 31.1 Å². The molecule has 0 radical (unpaired) electrons. The first-order valence-electron chi connectivity index (χ1n) is 8.48. The molecule has 2 aliphatic heterocycles. The maximum Gasteiger partial charge on any atom is 0.316 e. The molecule has 1 fully saturated rings. The van der Waals surface area contributed by atoms with Crippen LogP contribution >= 0.6 is 0 Å². The fourth-order valence-electron chi connectivity index (χ4n) is 3.48. The number of hydrogen-bond acceptors (Lipinski definition) is 3. The van der Waals surface area contributed by atoms with E-state index in [2.05, 4.69) is 24.1 Å². The van der Waals surface area contributed by atoms with Gasteiger partial charge in [0.15, 0.2) is 0 Å². The lowest BCUT2D eigenvalue weighted by Gasteiger charge is -2.20. The number of amides is 2. The first kappa shape index (κ1) is 16.0. The second kappa shape index (κ2) is 6.71. The molecule has 2 amide bonds. The van der Waals surface area contributed by atoms with Gasteiger partial charge in [0, 0.05) is 31.4 Å². The van der Waals surface area contributed by atoms with E-state index < -0.39 is 11.8 Å². The zero-order chi connectivity index (χ0) is 16.4. The lowest BCUT2D eigenvalue weighted by atomic mass is 10.1. The van der Waals surface area contributed by atoms with Crippen molar-refractivity contribution < 1.29 is 9.59 Å². The third-order valence-electron chi connectivity index (χ3n) is 4.93. The molecule has 1 aromatic carbocycles. The van der Waals surface area contributed by atoms with Crippen LogP contribution in [0.1, 0.15) is 25.8 Å². The normalized spacial score (nSPS) is 20.8. The van der Waals surface area contributed by atoms with Crippen LogP contribution in [-0.4, -0.2) is 48.9 Å². The summed E-state index contributed by atoms with van der Waals surface area (Å²) in [6, 6.07) is 8.33. The molecule has 5 heteroatoms. The van der Waals surface area contributed by atoms with Crippen molar-refractivity contribution in [1.82, 2.24) is 10.2 Å². The average Bonchev–Trinajstić information content (AvgIpc) is 3.18. The summed E-state index contributed by atoms with van der Waals surface area (Å²) in [4.78, 5) is 28.6. The Morgan fingerprint density at radius 3 is 2.78 bits per heavy atom. The van der Waals surface area contributed by atoms with E-state index in [1.807, 2.05) is 24.3 Å². The third-order valence-corrected chi connectivity index (χ3v) is 4.93. The molecule has 0 bridgehead atoms. The minimum absolute atomic E-state index is 0.436. The van der Waals surface area contributed by atoms with Gasteiger partial charge in [-0.25, -0.2) is 0 Å². The molecule has 0 aromatic heterocycles. The fourth-order valence-corrected chi connectivity index (χ4v) is 3.48. The monoisotopic (exact) mass is 315 g/mol. The summed E-state index contributed by atoms with van der Waals surface area (Å²) in [5, 5.41) is 2.83. The van der Waals surface area contributed by atoms with Gasteiger partial charge < -0.3 is 15.1 Å². The van der Waals surface area contributed by atoms with E-state index in [0.717, 1.165) is 37.2 Å². The second-order valence-corrected chi connectivity index (χ2v) is 6.79. The van der Waals surface area contributed by atoms with Crippen molar-refractivity contribution in [3.05, 3.63) is 29.8 Å². The van der Waals surface area contributed by atoms with Crippen LogP contribution in [0.25, 0.3) is 0 Å². The molecule has 2 heterocycles. The second-order valence-electron chi connectivity index (χ2n) is 6.79. The van der Waals surface area contributed by atoms with Crippen LogP contribution in [0.5, 0.6) is 0 Å². The van der Waals surface area contributed by atoms with E-state index in [4.69, 9.17) is 0 Å². The first-order chi connectivity index (χ1) is 11.1. The molecule has 2 aliphatic rings. The van der Waals surface area contributed by atoms with Crippen molar-refractivity contribution >= 4 is 17.5 Å². The highest BCUT2D eigenvalue weighted by Crippen LogP contribution is 2.27. The van der Waals surface area contributed by atoms with E-state index in [-0.39, 0.29) is 0 Å². The summed E-state index contributed by atoms with van der Waals surface area (Å²) in [6.07, 6.45) is 1.90. The zero-order valence-electron chi connectivity index (χ0n) is 13.9. The minimum atomic E-state index is -0.482. The molecular weight excluding hydrogens is 290 g/mol. The van der Waals surface area contributed by atoms with Crippen LogP contribution in [0, 0.1) is 5.92 Å². The number of benzene rings is 1. The standard InChI is InChI=1S/C18H25N3O2/c1-13(2)20-9-7-14(12-20)11-19-17(22)18(23)21-10-8-15-5-3-4-6-16(15)21/h3-6,13-14H,7-12H2,1-2H3,(H,19,22)/t14-/m0/s1. The quantitative estimate of drug-likeness (QED) is 0.859. The number of fused-ring (bicyclic) bond motifs is 1. The lowest BCUT2D eigenvalue weighted by Crippen LogP contribution is -2.44. The summed E-state index contributed by atoms with van der Waals surface area (Å²) < 4.78 is 0. The number of para-hydroxylation sites is 1. The van der Waals surface area contributed by atoms with E-state index in [0.29, 0.717) is 25.0 Å². The van der Waals surface area contributed by atoms with E-state index in [9.17, 15) is 9.59 Å². The van der Waals surface area contributed by atoms with Crippen LogP contribution in [-0.2, 0) is 16.0 Å². The number of likely N-dealkylation sites (tertiary alicyclic amines) is 1. The largest absolute Gasteiger partial charge is 0.347 e. The topological polar surface area (TPSA) is 52.7 Å². The Kier molecular flexibility index (Phi) is 4.66. The molecule has 0 spiro atoms. The predicted octanol–water partition coefficient (Wildman–Crippen LogP) is 1.42. The molecule has 124 valence electrons. The van der Waals surface area contributed by atoms with Gasteiger partial charge in [0.1, 0.15) is 0 Å². The molecule has 0 saturated carbocycles. The molecule has 23 heavy (non-hydrogen) atoms. The SMILES string of the molecule is CC(C)N1CC[C@@H](CNC(=O)C(=O)N2CCc3ccccc32)C1. The Labute approximate surface area is 137 Å². The lowest BCUT2D eigenvalue weighted by molar-refractivity contribution is -0.137. The van der Waals surface area contributed by atoms with Crippen LogP contribution in [0.3, 0.4) is 0 Å². The number of hydrogen-bond donors (Lipinski definition) is 1. The summed E-state index contributed by atoms with van der Waals surface area (Å²) in [5.74, 6) is -0.474. The van der Waals surface area contributed by atoms with Crippen LogP contribution in [0.4, 0.5) is 5.69 Å². The molecule has 1 aromatic rings. The van der Waals surface area contributed by atoms with Gasteiger partial charge in [0.05, 0.1) is 0 Å². The molecule has 1 N–H and O–H groups in total. The summed E-state index contributed by atoms with van der Waals surface area (Å²) in [6.45, 7) is 7.63. The maximum absolute atomic E-state index is 12.4. The highest BCUT2D eigenvalue weighted by Gasteiger charge is 2.30. The van der Waals surface area contributed by atoms with Crippen LogP contribution < -0.4 is 10.2 Å². The van der Waals surface area contributed by atoms with Gasteiger partial charge >= 0.3 is 11.8 Å². The predicted molar refractivity (Wildman–Crippen MR) is 90.3 cm³/mol. The number of rotatable bonds is 3. The van der Waals surface area contributed by atoms with Crippen molar-refractivity contribution in [2.24, 2.45) is 5.92 Å². The highest BCUT2D eigenvalue weighted by atomic mass is 16.2. The Balaban J connectivity index is 1.52. The fraction of sp³-hybridized carbons (Fsp3) is 0.556. The highest BCUT2D eigenvalue weighted by molar-refractivity contribution is 6.40. The molecule has 5 nitrogen and oxygen atoms in total. The van der Waals surface area contributed by atoms with Crippen molar-refractivity contribution in [2.45, 2.75) is 32.7 Å². The van der Waals surface area contributed by atoms with Gasteiger partial charge in [0.25, 0.3) is 0 Å². The molecule has 0 aliphatic carbocycles. The van der Waals surface area contributed by atoms with Gasteiger partial charge in [-0.3, -0.25) is 9.59 Å². The molecule has 1 atom stereocenters. The summed E-state index contributed by atoms with van der Waals surface area (Å²) >= 11 is 0. The number of nitrogens with one attached hydrogen (secondary N) is 1. The Morgan fingerprint density at radius 1 is 1.26 bits per heavy atom. The number of nitrogens with zero attached hydrogens (tertiary/aromatic N) is 2. The first-order valence-corrected chi connectivity index (χ1v) is 8.48. The van der Waals surface area contributed by atoms with Crippen molar-refractivity contribution in [3.63, 3.8) is 0 Å². The van der Waals surface area contributed by atoms with Gasteiger partial charge in [-0.15, -0.1) is 0 Å². The Hall–Kier alpha value is -1.88. The third kappa shape index (κ3) is 3.39. The smallest absolute Gasteiger partial charge is 0.316 e. The number of carbonyl (C=O) groups is 2. The summed E-state index contributed by atoms with van der Waals surface area (Å²) in [7, 11) is 0. The average molecular weight is 315 g/mol. The maximum atomic E-state index is 12.4. The Bertz CT molecular complexity index is 600. The van der Waals surface area contributed by atoms with Gasteiger partial charge in [-0.1, -0.05) is 18.2 Å². The van der Waals surface area contributed by atoms with Gasteiger partial charge in [-0.05, 0) is 50.8 Å². The van der Waals surface area contributed by atoms with Gasteiger partial charge in [-0.2, -0.15) is 0 Å². The summed E-state index contributed by atoms with van der Waals surface area (Å²) in [5.41, 5.74) is 2.01. The van der Waals surface area contributed by atoms with Gasteiger partial charge in [0.2, 0.25) is 0 Å². The molecule has 0 unspecified atom stereocenters. The Morgan fingerprint density at radius 2 is 2.04 bits per heavy atom. The minimum Gasteiger partial charge on any atom is -0.347 e. The number of anilines is 1. The van der Waals surface area contributed by atoms with E-state index >= 15 is 0 Å². The molecular formula is C18H25N3O2. The van der Waals surface area contributed by atoms with E-state index in [1.165, 1.54) is 0 Å².